The third-order valence-corrected chi connectivity index (χ3v) is 5.30. The molecule has 1 heterocycles. The second kappa shape index (κ2) is 10.1. The summed E-state index contributed by atoms with van der Waals surface area (Å²) in [4.78, 5) is 29.2. The number of amides is 2. The molecule has 0 saturated carbocycles. The quantitative estimate of drug-likeness (QED) is 0.751. The number of hydrogen-bond donors (Lipinski definition) is 0. The highest BCUT2D eigenvalue weighted by Gasteiger charge is 2.22. The minimum Gasteiger partial charge on any atom is -0.494 e. The average molecular weight is 395 g/mol. The van der Waals surface area contributed by atoms with E-state index >= 15 is 0 Å². The lowest BCUT2D eigenvalue weighted by Crippen LogP contribution is -2.37. The van der Waals surface area contributed by atoms with E-state index in [2.05, 4.69) is 31.2 Å². The third kappa shape index (κ3) is 5.83. The van der Waals surface area contributed by atoms with Crippen LogP contribution in [-0.4, -0.2) is 54.4 Å². The lowest BCUT2D eigenvalue weighted by molar-refractivity contribution is -0.131. The first-order chi connectivity index (χ1) is 14.1. The van der Waals surface area contributed by atoms with Crippen LogP contribution in [0.2, 0.25) is 0 Å². The summed E-state index contributed by atoms with van der Waals surface area (Å²) in [5.41, 5.74) is 3.07. The second-order valence-corrected chi connectivity index (χ2v) is 7.47. The molecule has 0 N–H and O–H groups in total. The molecule has 5 nitrogen and oxygen atoms in total. The lowest BCUT2D eigenvalue weighted by Gasteiger charge is -2.22. The Labute approximate surface area is 173 Å². The van der Waals surface area contributed by atoms with E-state index in [1.54, 1.807) is 0 Å². The SMILES string of the molecule is CCOc1ccc(C(=O)N2CCCN(C(=O)CCc3ccc(C)cc3)CC2)cc1. The van der Waals surface area contributed by atoms with Crippen molar-refractivity contribution in [3.8, 4) is 5.75 Å². The molecule has 5 heteroatoms. The van der Waals surface area contributed by atoms with Crippen molar-refractivity contribution in [3.63, 3.8) is 0 Å². The van der Waals surface area contributed by atoms with E-state index in [0.29, 0.717) is 44.8 Å². The molecule has 0 bridgehead atoms. The van der Waals surface area contributed by atoms with Gasteiger partial charge in [0, 0.05) is 38.2 Å². The number of nitrogens with zero attached hydrogens (tertiary/aromatic N) is 2. The minimum atomic E-state index is 0.0157. The van der Waals surface area contributed by atoms with Gasteiger partial charge >= 0.3 is 0 Å². The van der Waals surface area contributed by atoms with Crippen molar-refractivity contribution in [2.75, 3.05) is 32.8 Å². The lowest BCUT2D eigenvalue weighted by atomic mass is 10.1. The maximum absolute atomic E-state index is 12.8. The van der Waals surface area contributed by atoms with E-state index in [1.165, 1.54) is 11.1 Å². The van der Waals surface area contributed by atoms with Gasteiger partial charge in [0.15, 0.2) is 0 Å². The van der Waals surface area contributed by atoms with Crippen LogP contribution in [0.3, 0.4) is 0 Å². The summed E-state index contributed by atoms with van der Waals surface area (Å²) in [6, 6.07) is 15.6. The molecule has 0 spiro atoms. The van der Waals surface area contributed by atoms with Crippen LogP contribution in [0, 0.1) is 6.92 Å². The van der Waals surface area contributed by atoms with Gasteiger partial charge in [-0.1, -0.05) is 29.8 Å². The summed E-state index contributed by atoms with van der Waals surface area (Å²) in [5.74, 6) is 0.952. The van der Waals surface area contributed by atoms with Crippen molar-refractivity contribution < 1.29 is 14.3 Å². The number of benzene rings is 2. The molecule has 2 aromatic carbocycles. The molecule has 1 fully saturated rings. The molecule has 0 atom stereocenters. The van der Waals surface area contributed by atoms with Crippen LogP contribution >= 0.6 is 0 Å². The fourth-order valence-corrected chi connectivity index (χ4v) is 3.58. The van der Waals surface area contributed by atoms with Gasteiger partial charge in [-0.15, -0.1) is 0 Å². The van der Waals surface area contributed by atoms with Crippen molar-refractivity contribution in [2.45, 2.75) is 33.1 Å². The van der Waals surface area contributed by atoms with Gasteiger partial charge in [0.1, 0.15) is 5.75 Å². The Balaban J connectivity index is 1.51. The molecule has 0 unspecified atom stereocenters. The highest BCUT2D eigenvalue weighted by Crippen LogP contribution is 2.15. The molecule has 1 aliphatic heterocycles. The van der Waals surface area contributed by atoms with Crippen LogP contribution in [0.4, 0.5) is 0 Å². The van der Waals surface area contributed by atoms with Gasteiger partial charge in [0.2, 0.25) is 5.91 Å². The van der Waals surface area contributed by atoms with Crippen molar-refractivity contribution in [2.24, 2.45) is 0 Å². The Morgan fingerprint density at radius 2 is 1.55 bits per heavy atom. The zero-order valence-corrected chi connectivity index (χ0v) is 17.4. The van der Waals surface area contributed by atoms with E-state index in [1.807, 2.05) is 41.0 Å². The van der Waals surface area contributed by atoms with Gasteiger partial charge in [-0.05, 0) is 56.5 Å². The number of carbonyl (C=O) groups excluding carboxylic acids is 2. The van der Waals surface area contributed by atoms with Crippen molar-refractivity contribution >= 4 is 11.8 Å². The summed E-state index contributed by atoms with van der Waals surface area (Å²) in [7, 11) is 0. The smallest absolute Gasteiger partial charge is 0.253 e. The van der Waals surface area contributed by atoms with Crippen LogP contribution in [0.15, 0.2) is 48.5 Å². The monoisotopic (exact) mass is 394 g/mol. The van der Waals surface area contributed by atoms with Gasteiger partial charge in [-0.25, -0.2) is 0 Å². The summed E-state index contributed by atoms with van der Waals surface area (Å²) in [5, 5.41) is 0. The topological polar surface area (TPSA) is 49.9 Å². The first kappa shape index (κ1) is 20.9. The molecule has 1 aliphatic rings. The van der Waals surface area contributed by atoms with E-state index in [4.69, 9.17) is 4.74 Å². The maximum atomic E-state index is 12.8. The van der Waals surface area contributed by atoms with Crippen molar-refractivity contribution in [1.29, 1.82) is 0 Å². The Morgan fingerprint density at radius 1 is 0.897 bits per heavy atom. The molecule has 3 rings (SSSR count). The fraction of sp³-hybridized carbons (Fsp3) is 0.417. The van der Waals surface area contributed by atoms with Gasteiger partial charge in [0.25, 0.3) is 5.91 Å². The molecular formula is C24H30N2O3. The second-order valence-electron chi connectivity index (χ2n) is 7.47. The van der Waals surface area contributed by atoms with Crippen LogP contribution in [0.5, 0.6) is 5.75 Å². The van der Waals surface area contributed by atoms with E-state index in [9.17, 15) is 9.59 Å². The normalized spacial score (nSPS) is 14.4. The summed E-state index contributed by atoms with van der Waals surface area (Å²) in [6.45, 7) is 7.15. The van der Waals surface area contributed by atoms with Crippen LogP contribution < -0.4 is 4.74 Å². The van der Waals surface area contributed by atoms with Gasteiger partial charge in [-0.3, -0.25) is 9.59 Å². The standard InChI is InChI=1S/C24H30N2O3/c1-3-29-22-12-10-21(11-13-22)24(28)26-16-4-15-25(17-18-26)23(27)14-9-20-7-5-19(2)6-8-20/h5-8,10-13H,3-4,9,14-18H2,1-2H3. The molecular weight excluding hydrogens is 364 g/mol. The largest absolute Gasteiger partial charge is 0.494 e. The highest BCUT2D eigenvalue weighted by atomic mass is 16.5. The van der Waals surface area contributed by atoms with Gasteiger partial charge < -0.3 is 14.5 Å². The van der Waals surface area contributed by atoms with E-state index in [0.717, 1.165) is 18.6 Å². The first-order valence-electron chi connectivity index (χ1n) is 10.4. The summed E-state index contributed by atoms with van der Waals surface area (Å²) < 4.78 is 5.44. The molecule has 29 heavy (non-hydrogen) atoms. The first-order valence-corrected chi connectivity index (χ1v) is 10.4. The zero-order valence-electron chi connectivity index (χ0n) is 17.4. The molecule has 2 amide bonds. The maximum Gasteiger partial charge on any atom is 0.253 e. The predicted molar refractivity (Wildman–Crippen MR) is 114 cm³/mol. The zero-order chi connectivity index (χ0) is 20.6. The Hall–Kier alpha value is -2.82. The fourth-order valence-electron chi connectivity index (χ4n) is 3.58. The van der Waals surface area contributed by atoms with Crippen molar-refractivity contribution in [3.05, 3.63) is 65.2 Å². The van der Waals surface area contributed by atoms with Gasteiger partial charge in [0.05, 0.1) is 6.61 Å². The Kier molecular flexibility index (Phi) is 7.28. The van der Waals surface area contributed by atoms with E-state index < -0.39 is 0 Å². The van der Waals surface area contributed by atoms with Crippen LogP contribution in [0.25, 0.3) is 0 Å². The average Bonchev–Trinajstić information content (AvgIpc) is 3.00. The minimum absolute atomic E-state index is 0.0157. The predicted octanol–water partition coefficient (Wildman–Crippen LogP) is 3.70. The van der Waals surface area contributed by atoms with Gasteiger partial charge in [-0.2, -0.15) is 0 Å². The number of ether oxygens (including phenoxy) is 1. The number of carbonyl (C=O) groups is 2. The van der Waals surface area contributed by atoms with Crippen molar-refractivity contribution in [1.82, 2.24) is 9.80 Å². The molecule has 1 saturated heterocycles. The Bertz CT molecular complexity index is 815. The third-order valence-electron chi connectivity index (χ3n) is 5.30. The van der Waals surface area contributed by atoms with Crippen LogP contribution in [-0.2, 0) is 11.2 Å². The summed E-state index contributed by atoms with van der Waals surface area (Å²) >= 11 is 0. The molecule has 2 aromatic rings. The van der Waals surface area contributed by atoms with E-state index in [-0.39, 0.29) is 11.8 Å². The summed E-state index contributed by atoms with van der Waals surface area (Å²) in [6.07, 6.45) is 2.07. The molecule has 154 valence electrons. The molecule has 0 aliphatic carbocycles. The number of hydrogen-bond acceptors (Lipinski definition) is 3. The highest BCUT2D eigenvalue weighted by molar-refractivity contribution is 5.94. The number of rotatable bonds is 6. The molecule has 0 aromatic heterocycles. The number of aryl methyl sites for hydroxylation is 2. The molecule has 0 radical (unpaired) electrons. The van der Waals surface area contributed by atoms with Crippen LogP contribution in [0.1, 0.15) is 41.3 Å². The Morgan fingerprint density at radius 3 is 2.24 bits per heavy atom.